The monoisotopic (exact) mass is 276 g/mol. The first kappa shape index (κ1) is 14.1. The molecule has 5 heteroatoms. The first-order chi connectivity index (χ1) is 9.65. The molecule has 0 aliphatic heterocycles. The van der Waals surface area contributed by atoms with Gasteiger partial charge in [-0.2, -0.15) is 0 Å². The van der Waals surface area contributed by atoms with Crippen molar-refractivity contribution in [3.8, 4) is 11.5 Å². The van der Waals surface area contributed by atoms with E-state index < -0.39 is 0 Å². The van der Waals surface area contributed by atoms with Gasteiger partial charge in [-0.3, -0.25) is 4.98 Å². The van der Waals surface area contributed by atoms with Gasteiger partial charge in [0.05, 0.1) is 20.8 Å². The zero-order chi connectivity index (χ0) is 14.5. The molecule has 1 aromatic carbocycles. The van der Waals surface area contributed by atoms with Crippen molar-refractivity contribution in [3.05, 3.63) is 47.5 Å². The van der Waals surface area contributed by atoms with Crippen molar-refractivity contribution in [1.82, 2.24) is 4.98 Å². The van der Waals surface area contributed by atoms with Crippen LogP contribution in [0.25, 0.3) is 0 Å². The molecule has 0 unspecified atom stereocenters. The summed E-state index contributed by atoms with van der Waals surface area (Å²) in [5.41, 5.74) is 2.40. The molecule has 0 radical (unpaired) electrons. The smallest absolute Gasteiger partial charge is 0.184 e. The predicted molar refractivity (Wildman–Crippen MR) is 75.8 cm³/mol. The van der Waals surface area contributed by atoms with Gasteiger partial charge in [-0.15, -0.1) is 0 Å². The highest BCUT2D eigenvalue weighted by Crippen LogP contribution is 2.29. The standard InChI is InChI=1S/C15H17FN2O2/c1-10-4-5-11(16)8-12(10)18-9-13-15(20-3)14(19-2)6-7-17-13/h4-8,18H,9H2,1-3H3. The second kappa shape index (κ2) is 6.23. The Kier molecular flexibility index (Phi) is 4.40. The minimum Gasteiger partial charge on any atom is -0.493 e. The number of methoxy groups -OCH3 is 2. The average molecular weight is 276 g/mol. The second-order valence-corrected chi connectivity index (χ2v) is 4.31. The topological polar surface area (TPSA) is 43.4 Å². The number of benzene rings is 1. The molecule has 4 nitrogen and oxygen atoms in total. The minimum absolute atomic E-state index is 0.274. The Balaban J connectivity index is 2.20. The first-order valence-corrected chi connectivity index (χ1v) is 6.21. The van der Waals surface area contributed by atoms with Gasteiger partial charge in [-0.05, 0) is 24.6 Å². The summed E-state index contributed by atoms with van der Waals surface area (Å²) in [7, 11) is 3.14. The van der Waals surface area contributed by atoms with Gasteiger partial charge in [0.25, 0.3) is 0 Å². The highest BCUT2D eigenvalue weighted by molar-refractivity contribution is 5.52. The quantitative estimate of drug-likeness (QED) is 0.911. The molecule has 0 aliphatic rings. The number of nitrogens with zero attached hydrogens (tertiary/aromatic N) is 1. The molecule has 0 spiro atoms. The SMILES string of the molecule is COc1ccnc(CNc2cc(F)ccc2C)c1OC. The maximum Gasteiger partial charge on any atom is 0.184 e. The molecule has 2 aromatic rings. The highest BCUT2D eigenvalue weighted by Gasteiger charge is 2.11. The molecule has 1 N–H and O–H groups in total. The molecule has 106 valence electrons. The van der Waals surface area contributed by atoms with Gasteiger partial charge in [0.15, 0.2) is 11.5 Å². The van der Waals surface area contributed by atoms with Crippen LogP contribution in [-0.4, -0.2) is 19.2 Å². The number of aromatic nitrogens is 1. The lowest BCUT2D eigenvalue weighted by molar-refractivity contribution is 0.350. The second-order valence-electron chi connectivity index (χ2n) is 4.31. The Morgan fingerprint density at radius 1 is 1.20 bits per heavy atom. The van der Waals surface area contributed by atoms with E-state index in [0.717, 1.165) is 11.3 Å². The van der Waals surface area contributed by atoms with Gasteiger partial charge in [0.2, 0.25) is 0 Å². The first-order valence-electron chi connectivity index (χ1n) is 6.21. The van der Waals surface area contributed by atoms with E-state index in [1.54, 1.807) is 32.5 Å². The summed E-state index contributed by atoms with van der Waals surface area (Å²) in [5.74, 6) is 0.926. The summed E-state index contributed by atoms with van der Waals surface area (Å²) in [6.45, 7) is 2.34. The zero-order valence-electron chi connectivity index (χ0n) is 11.7. The molecular weight excluding hydrogens is 259 g/mol. The fraction of sp³-hybridized carbons (Fsp3) is 0.267. The van der Waals surface area contributed by atoms with Crippen molar-refractivity contribution >= 4 is 5.69 Å². The molecule has 0 bridgehead atoms. The number of rotatable bonds is 5. The molecule has 0 saturated heterocycles. The Morgan fingerprint density at radius 3 is 2.70 bits per heavy atom. The molecule has 0 amide bonds. The fourth-order valence-electron chi connectivity index (χ4n) is 1.94. The average Bonchev–Trinajstić information content (AvgIpc) is 2.47. The van der Waals surface area contributed by atoms with Crippen LogP contribution >= 0.6 is 0 Å². The number of aryl methyl sites for hydroxylation is 1. The molecule has 0 atom stereocenters. The maximum absolute atomic E-state index is 13.2. The minimum atomic E-state index is -0.274. The summed E-state index contributed by atoms with van der Waals surface area (Å²) in [6, 6.07) is 6.36. The molecule has 1 heterocycles. The van der Waals surface area contributed by atoms with Crippen LogP contribution in [0.15, 0.2) is 30.5 Å². The third kappa shape index (κ3) is 2.99. The van der Waals surface area contributed by atoms with Gasteiger partial charge in [-0.1, -0.05) is 6.07 Å². The number of hydrogen-bond donors (Lipinski definition) is 1. The summed E-state index contributed by atoms with van der Waals surface area (Å²) < 4.78 is 23.8. The van der Waals surface area contributed by atoms with Gasteiger partial charge in [0.1, 0.15) is 11.5 Å². The van der Waals surface area contributed by atoms with Gasteiger partial charge >= 0.3 is 0 Å². The normalized spacial score (nSPS) is 10.2. The van der Waals surface area contributed by atoms with Crippen molar-refractivity contribution in [2.24, 2.45) is 0 Å². The van der Waals surface area contributed by atoms with Crippen molar-refractivity contribution in [1.29, 1.82) is 0 Å². The largest absolute Gasteiger partial charge is 0.493 e. The Labute approximate surface area is 117 Å². The molecule has 2 rings (SSSR count). The molecule has 0 aliphatic carbocycles. The van der Waals surface area contributed by atoms with Gasteiger partial charge < -0.3 is 14.8 Å². The summed E-state index contributed by atoms with van der Waals surface area (Å²) in [6.07, 6.45) is 1.65. The third-order valence-electron chi connectivity index (χ3n) is 3.01. The van der Waals surface area contributed by atoms with Crippen LogP contribution in [-0.2, 0) is 6.54 Å². The Hall–Kier alpha value is -2.30. The number of pyridine rings is 1. The lowest BCUT2D eigenvalue weighted by atomic mass is 10.2. The summed E-state index contributed by atoms with van der Waals surface area (Å²) >= 11 is 0. The van der Waals surface area contributed by atoms with Crippen molar-refractivity contribution in [2.45, 2.75) is 13.5 Å². The molecule has 1 aromatic heterocycles. The lowest BCUT2D eigenvalue weighted by Crippen LogP contribution is -2.06. The third-order valence-corrected chi connectivity index (χ3v) is 3.01. The van der Waals surface area contributed by atoms with Gasteiger partial charge in [0, 0.05) is 18.0 Å². The number of ether oxygens (including phenoxy) is 2. The molecule has 0 fully saturated rings. The summed E-state index contributed by atoms with van der Waals surface area (Å²) in [4.78, 5) is 4.26. The van der Waals surface area contributed by atoms with Crippen molar-refractivity contribution < 1.29 is 13.9 Å². The van der Waals surface area contributed by atoms with E-state index in [0.29, 0.717) is 23.7 Å². The van der Waals surface area contributed by atoms with E-state index >= 15 is 0 Å². The van der Waals surface area contributed by atoms with Crippen LogP contribution in [0.2, 0.25) is 0 Å². The van der Waals surface area contributed by atoms with Crippen LogP contribution in [0.4, 0.5) is 10.1 Å². The van der Waals surface area contributed by atoms with E-state index in [-0.39, 0.29) is 5.82 Å². The number of hydrogen-bond acceptors (Lipinski definition) is 4. The van der Waals surface area contributed by atoms with Gasteiger partial charge in [-0.25, -0.2) is 4.39 Å². The Morgan fingerprint density at radius 2 is 2.00 bits per heavy atom. The van der Waals surface area contributed by atoms with E-state index in [1.165, 1.54) is 12.1 Å². The molecular formula is C15H17FN2O2. The zero-order valence-corrected chi connectivity index (χ0v) is 11.7. The van der Waals surface area contributed by atoms with Crippen LogP contribution < -0.4 is 14.8 Å². The van der Waals surface area contributed by atoms with E-state index in [2.05, 4.69) is 10.3 Å². The van der Waals surface area contributed by atoms with Crippen LogP contribution in [0.3, 0.4) is 0 Å². The fourth-order valence-corrected chi connectivity index (χ4v) is 1.94. The van der Waals surface area contributed by atoms with Crippen molar-refractivity contribution in [3.63, 3.8) is 0 Å². The van der Waals surface area contributed by atoms with Crippen molar-refractivity contribution in [2.75, 3.05) is 19.5 Å². The van der Waals surface area contributed by atoms with E-state index in [4.69, 9.17) is 9.47 Å². The number of nitrogens with one attached hydrogen (secondary N) is 1. The number of halogens is 1. The maximum atomic E-state index is 13.2. The van der Waals surface area contributed by atoms with Crippen LogP contribution in [0, 0.1) is 12.7 Å². The lowest BCUT2D eigenvalue weighted by Gasteiger charge is -2.13. The number of anilines is 1. The predicted octanol–water partition coefficient (Wildman–Crippen LogP) is 3.16. The van der Waals surface area contributed by atoms with E-state index in [9.17, 15) is 4.39 Å². The van der Waals surface area contributed by atoms with E-state index in [1.807, 2.05) is 6.92 Å². The Bertz CT molecular complexity index is 602. The van der Waals surface area contributed by atoms with Crippen LogP contribution in [0.1, 0.15) is 11.3 Å². The molecule has 20 heavy (non-hydrogen) atoms. The summed E-state index contributed by atoms with van der Waals surface area (Å²) in [5, 5.41) is 3.16. The molecule has 0 saturated carbocycles. The van der Waals surface area contributed by atoms with Crippen LogP contribution in [0.5, 0.6) is 11.5 Å². The highest BCUT2D eigenvalue weighted by atomic mass is 19.1.